The molecule has 6 aromatic rings. The maximum absolute atomic E-state index is 14.0. The second-order valence-corrected chi connectivity index (χ2v) is 11.0. The number of amides is 1. The first-order valence-corrected chi connectivity index (χ1v) is 14.7. The molecule has 7 rings (SSSR count). The Labute approximate surface area is 253 Å². The van der Waals surface area contributed by atoms with Crippen molar-refractivity contribution in [1.82, 2.24) is 4.90 Å². The van der Waals surface area contributed by atoms with E-state index in [1.807, 2.05) is 72.5 Å². The van der Waals surface area contributed by atoms with Crippen LogP contribution in [0.4, 0.5) is 0 Å². The van der Waals surface area contributed by atoms with E-state index in [-0.39, 0.29) is 35.6 Å². The number of likely N-dealkylation sites (tertiary alicyclic amines) is 1. The quantitative estimate of drug-likeness (QED) is 0.171. The maximum atomic E-state index is 14.0. The summed E-state index contributed by atoms with van der Waals surface area (Å²) in [5, 5.41) is 1.41. The van der Waals surface area contributed by atoms with Gasteiger partial charge in [0.05, 0.1) is 5.39 Å². The first-order valence-electron chi connectivity index (χ1n) is 14.7. The Morgan fingerprint density at radius 1 is 0.727 bits per heavy atom. The van der Waals surface area contributed by atoms with E-state index in [1.165, 1.54) is 0 Å². The third-order valence-corrected chi connectivity index (χ3v) is 8.21. The molecule has 0 bridgehead atoms. The minimum absolute atomic E-state index is 0.0365. The Balaban J connectivity index is 1.28. The molecule has 0 radical (unpaired) electrons. The highest BCUT2D eigenvalue weighted by molar-refractivity contribution is 6.21. The van der Waals surface area contributed by atoms with Crippen LogP contribution in [0, 0.1) is 6.92 Å². The molecule has 7 heteroatoms. The first kappa shape index (κ1) is 27.4. The second kappa shape index (κ2) is 11.3. The smallest absolute Gasteiger partial charge is 0.260 e. The lowest BCUT2D eigenvalue weighted by atomic mass is 9.96. The second-order valence-electron chi connectivity index (χ2n) is 11.0. The van der Waals surface area contributed by atoms with Crippen LogP contribution in [0.1, 0.15) is 50.6 Å². The molecule has 0 N–H and O–H groups in total. The van der Waals surface area contributed by atoms with Crippen LogP contribution in [-0.2, 0) is 4.79 Å². The van der Waals surface area contributed by atoms with Gasteiger partial charge in [-0.25, -0.2) is 0 Å². The number of fused-ring (bicyclic) bond motifs is 3. The van der Waals surface area contributed by atoms with E-state index in [2.05, 4.69) is 0 Å². The van der Waals surface area contributed by atoms with Crippen LogP contribution in [0.2, 0.25) is 0 Å². The SMILES string of the molecule is Cc1c(C(=O)c2ccccc2)oc2c1ccc1oc(C(=O)c3ccc(OCC(=O)N4CCCC4)cc3)c(-c3ccccc3)c12. The fourth-order valence-corrected chi connectivity index (χ4v) is 5.88. The van der Waals surface area contributed by atoms with E-state index in [9.17, 15) is 14.4 Å². The third kappa shape index (κ3) is 4.86. The molecule has 0 atom stereocenters. The molecular formula is C37H29NO6. The van der Waals surface area contributed by atoms with Gasteiger partial charge in [0.25, 0.3) is 5.91 Å². The number of carbonyl (C=O) groups excluding carboxylic acids is 3. The predicted molar refractivity (Wildman–Crippen MR) is 167 cm³/mol. The number of ether oxygens (including phenoxy) is 1. The van der Waals surface area contributed by atoms with Crippen LogP contribution in [0.25, 0.3) is 33.1 Å². The monoisotopic (exact) mass is 583 g/mol. The lowest BCUT2D eigenvalue weighted by Crippen LogP contribution is -2.32. The summed E-state index contributed by atoms with van der Waals surface area (Å²) in [6.45, 7) is 3.36. The van der Waals surface area contributed by atoms with Crippen molar-refractivity contribution in [3.05, 3.63) is 125 Å². The average Bonchev–Trinajstić information content (AvgIpc) is 3.82. The number of hydrogen-bond acceptors (Lipinski definition) is 6. The van der Waals surface area contributed by atoms with Crippen molar-refractivity contribution in [1.29, 1.82) is 0 Å². The molecule has 7 nitrogen and oxygen atoms in total. The number of carbonyl (C=O) groups is 3. The van der Waals surface area contributed by atoms with Gasteiger partial charge in [0.2, 0.25) is 11.6 Å². The van der Waals surface area contributed by atoms with Crippen LogP contribution in [0.3, 0.4) is 0 Å². The lowest BCUT2D eigenvalue weighted by Gasteiger charge is -2.15. The van der Waals surface area contributed by atoms with Crippen LogP contribution in [-0.4, -0.2) is 42.1 Å². The fourth-order valence-electron chi connectivity index (χ4n) is 5.88. The third-order valence-electron chi connectivity index (χ3n) is 8.21. The molecule has 1 aliphatic rings. The molecule has 0 spiro atoms. The van der Waals surface area contributed by atoms with Gasteiger partial charge in [0.1, 0.15) is 16.9 Å². The van der Waals surface area contributed by atoms with Gasteiger partial charge in [-0.15, -0.1) is 0 Å². The molecule has 0 saturated carbocycles. The number of benzene rings is 4. The summed E-state index contributed by atoms with van der Waals surface area (Å²) in [4.78, 5) is 41.6. The van der Waals surface area contributed by atoms with E-state index >= 15 is 0 Å². The Bertz CT molecular complexity index is 2010. The van der Waals surface area contributed by atoms with Gasteiger partial charge in [0.15, 0.2) is 18.1 Å². The van der Waals surface area contributed by atoms with Crippen molar-refractivity contribution in [3.63, 3.8) is 0 Å². The summed E-state index contributed by atoms with van der Waals surface area (Å²) in [7, 11) is 0. The normalized spacial score (nSPS) is 13.1. The molecule has 44 heavy (non-hydrogen) atoms. The fraction of sp³-hybridized carbons (Fsp3) is 0.162. The van der Waals surface area contributed by atoms with Gasteiger partial charge in [0, 0.05) is 40.7 Å². The van der Waals surface area contributed by atoms with Crippen molar-refractivity contribution < 1.29 is 28.0 Å². The van der Waals surface area contributed by atoms with Crippen molar-refractivity contribution >= 4 is 39.4 Å². The Morgan fingerprint density at radius 2 is 1.36 bits per heavy atom. The molecule has 3 heterocycles. The zero-order valence-corrected chi connectivity index (χ0v) is 24.2. The summed E-state index contributed by atoms with van der Waals surface area (Å²) < 4.78 is 18.3. The summed E-state index contributed by atoms with van der Waals surface area (Å²) in [6.07, 6.45) is 2.04. The summed E-state index contributed by atoms with van der Waals surface area (Å²) in [5.41, 5.74) is 4.02. The van der Waals surface area contributed by atoms with Gasteiger partial charge in [-0.2, -0.15) is 0 Å². The summed E-state index contributed by atoms with van der Waals surface area (Å²) in [6, 6.07) is 28.9. The highest BCUT2D eigenvalue weighted by atomic mass is 16.5. The molecule has 1 saturated heterocycles. The predicted octanol–water partition coefficient (Wildman–Crippen LogP) is 7.62. The number of rotatable bonds is 8. The van der Waals surface area contributed by atoms with Gasteiger partial charge >= 0.3 is 0 Å². The van der Waals surface area contributed by atoms with E-state index in [0.29, 0.717) is 39.0 Å². The number of aryl methyl sites for hydroxylation is 1. The van der Waals surface area contributed by atoms with Crippen molar-refractivity contribution in [2.75, 3.05) is 19.7 Å². The Morgan fingerprint density at radius 3 is 2.07 bits per heavy atom. The number of hydrogen-bond donors (Lipinski definition) is 0. The largest absolute Gasteiger partial charge is 0.484 e. The molecule has 2 aromatic heterocycles. The van der Waals surface area contributed by atoms with Crippen LogP contribution < -0.4 is 4.74 Å². The highest BCUT2D eigenvalue weighted by Gasteiger charge is 2.28. The minimum Gasteiger partial charge on any atom is -0.484 e. The topological polar surface area (TPSA) is 90.0 Å². The highest BCUT2D eigenvalue weighted by Crippen LogP contribution is 2.42. The van der Waals surface area contributed by atoms with Gasteiger partial charge in [-0.05, 0) is 61.7 Å². The Hall–Kier alpha value is -5.43. The average molecular weight is 584 g/mol. The molecule has 0 unspecified atom stereocenters. The van der Waals surface area contributed by atoms with Gasteiger partial charge < -0.3 is 18.5 Å². The molecule has 1 amide bonds. The zero-order chi connectivity index (χ0) is 30.2. The lowest BCUT2D eigenvalue weighted by molar-refractivity contribution is -0.132. The number of nitrogens with zero attached hydrogens (tertiary/aromatic N) is 1. The van der Waals surface area contributed by atoms with Gasteiger partial charge in [-0.3, -0.25) is 14.4 Å². The van der Waals surface area contributed by atoms with E-state index in [1.54, 1.807) is 36.4 Å². The van der Waals surface area contributed by atoms with Crippen LogP contribution in [0.5, 0.6) is 5.75 Å². The van der Waals surface area contributed by atoms with Crippen molar-refractivity contribution in [2.45, 2.75) is 19.8 Å². The molecular weight excluding hydrogens is 554 g/mol. The van der Waals surface area contributed by atoms with Crippen LogP contribution >= 0.6 is 0 Å². The van der Waals surface area contributed by atoms with Crippen molar-refractivity contribution in [3.8, 4) is 16.9 Å². The Kier molecular flexibility index (Phi) is 7.06. The minimum atomic E-state index is -0.309. The summed E-state index contributed by atoms with van der Waals surface area (Å²) >= 11 is 0. The first-order chi connectivity index (χ1) is 21.5. The molecule has 1 fully saturated rings. The standard InChI is InChI=1S/C37H29NO6/c1-23-28-18-19-29-32(36(28)44-35(23)33(40)25-12-6-3-7-13-25)31(24-10-4-2-5-11-24)37(43-29)34(41)26-14-16-27(17-15-26)42-22-30(39)38-20-8-9-21-38/h2-7,10-19H,8-9,20-22H2,1H3. The van der Waals surface area contributed by atoms with Gasteiger partial charge in [-0.1, -0.05) is 60.7 Å². The maximum Gasteiger partial charge on any atom is 0.260 e. The van der Waals surface area contributed by atoms with Crippen LogP contribution in [0.15, 0.2) is 106 Å². The van der Waals surface area contributed by atoms with E-state index in [0.717, 1.165) is 42.4 Å². The molecule has 1 aliphatic heterocycles. The van der Waals surface area contributed by atoms with E-state index < -0.39 is 0 Å². The molecule has 218 valence electrons. The van der Waals surface area contributed by atoms with E-state index in [4.69, 9.17) is 13.6 Å². The van der Waals surface area contributed by atoms with Crippen molar-refractivity contribution in [2.24, 2.45) is 0 Å². The summed E-state index contributed by atoms with van der Waals surface area (Å²) in [5.74, 6) is 0.373. The molecule has 4 aromatic carbocycles. The molecule has 0 aliphatic carbocycles. The number of furan rings is 2. The zero-order valence-electron chi connectivity index (χ0n) is 24.2. The number of ketones is 2.